The van der Waals surface area contributed by atoms with Gasteiger partial charge in [0, 0.05) is 31.5 Å². The first kappa shape index (κ1) is 16.5. The number of nitrogens with two attached hydrogens (primary N) is 1. The Morgan fingerprint density at radius 2 is 2.05 bits per heavy atom. The summed E-state index contributed by atoms with van der Waals surface area (Å²) in [5, 5.41) is 2.73. The third-order valence-corrected chi connectivity index (χ3v) is 3.80. The van der Waals surface area contributed by atoms with Gasteiger partial charge in [-0.05, 0) is 43.5 Å². The van der Waals surface area contributed by atoms with Gasteiger partial charge in [0.2, 0.25) is 5.91 Å². The van der Waals surface area contributed by atoms with Crippen LogP contribution in [-0.4, -0.2) is 49.6 Å². The van der Waals surface area contributed by atoms with Crippen molar-refractivity contribution < 1.29 is 14.3 Å². The van der Waals surface area contributed by atoms with Crippen molar-refractivity contribution in [3.63, 3.8) is 0 Å². The van der Waals surface area contributed by atoms with Crippen LogP contribution in [0.2, 0.25) is 0 Å². The highest BCUT2D eigenvalue weighted by Gasteiger charge is 2.21. The van der Waals surface area contributed by atoms with E-state index in [1.54, 1.807) is 18.2 Å². The van der Waals surface area contributed by atoms with Crippen LogP contribution in [0.1, 0.15) is 28.8 Å². The van der Waals surface area contributed by atoms with Gasteiger partial charge in [-0.2, -0.15) is 0 Å². The fourth-order valence-corrected chi connectivity index (χ4v) is 2.56. The lowest BCUT2D eigenvalue weighted by molar-refractivity contribution is -0.118. The van der Waals surface area contributed by atoms with Crippen LogP contribution in [0.15, 0.2) is 18.2 Å². The van der Waals surface area contributed by atoms with E-state index >= 15 is 0 Å². The fraction of sp³-hybridized carbons (Fsp3) is 0.500. The van der Waals surface area contributed by atoms with E-state index in [0.717, 1.165) is 31.5 Å². The summed E-state index contributed by atoms with van der Waals surface area (Å²) in [6.07, 6.45) is 2.13. The number of hydrogen-bond donors (Lipinski definition) is 2. The Balaban J connectivity index is 2.06. The number of benzene rings is 1. The Labute approximate surface area is 130 Å². The van der Waals surface area contributed by atoms with Crippen molar-refractivity contribution in [2.45, 2.75) is 25.8 Å². The standard InChI is InChI=1S/C16H23N3O3/c1-11-9-12(18-15(20)14(17)10-22-2)5-6-13(11)16(21)19-7-3-4-8-19/h5-6,9,14H,3-4,7-8,10,17H2,1-2H3,(H,18,20)/t14-/m1/s1. The molecule has 1 aliphatic rings. The normalized spacial score (nSPS) is 15.7. The fourth-order valence-electron chi connectivity index (χ4n) is 2.56. The van der Waals surface area contributed by atoms with Crippen molar-refractivity contribution in [1.82, 2.24) is 4.90 Å². The van der Waals surface area contributed by atoms with E-state index in [2.05, 4.69) is 5.32 Å². The topological polar surface area (TPSA) is 84.7 Å². The molecule has 1 aromatic carbocycles. The first-order valence-corrected chi connectivity index (χ1v) is 7.48. The second-order valence-electron chi connectivity index (χ2n) is 5.58. The van der Waals surface area contributed by atoms with Crippen LogP contribution in [-0.2, 0) is 9.53 Å². The monoisotopic (exact) mass is 305 g/mol. The van der Waals surface area contributed by atoms with Gasteiger partial charge in [0.25, 0.3) is 5.91 Å². The molecule has 3 N–H and O–H groups in total. The molecule has 1 aliphatic heterocycles. The van der Waals surface area contributed by atoms with Gasteiger partial charge < -0.3 is 20.7 Å². The van der Waals surface area contributed by atoms with Crippen LogP contribution in [0, 0.1) is 6.92 Å². The molecule has 0 radical (unpaired) electrons. The lowest BCUT2D eigenvalue weighted by Gasteiger charge is -2.17. The molecule has 0 unspecified atom stereocenters. The molecular formula is C16H23N3O3. The number of rotatable bonds is 5. The molecule has 0 spiro atoms. The van der Waals surface area contributed by atoms with Crippen LogP contribution in [0.5, 0.6) is 0 Å². The SMILES string of the molecule is COC[C@@H](N)C(=O)Nc1ccc(C(=O)N2CCCC2)c(C)c1. The summed E-state index contributed by atoms with van der Waals surface area (Å²) < 4.78 is 4.86. The summed E-state index contributed by atoms with van der Waals surface area (Å²) in [5.41, 5.74) is 7.83. The van der Waals surface area contributed by atoms with Gasteiger partial charge in [0.1, 0.15) is 6.04 Å². The second-order valence-corrected chi connectivity index (χ2v) is 5.58. The van der Waals surface area contributed by atoms with Crippen molar-refractivity contribution in [1.29, 1.82) is 0 Å². The van der Waals surface area contributed by atoms with Crippen molar-refractivity contribution in [3.05, 3.63) is 29.3 Å². The second kappa shape index (κ2) is 7.38. The molecule has 1 atom stereocenters. The summed E-state index contributed by atoms with van der Waals surface area (Å²) in [6.45, 7) is 3.68. The molecule has 0 aliphatic carbocycles. The molecule has 120 valence electrons. The van der Waals surface area contributed by atoms with Crippen molar-refractivity contribution >= 4 is 17.5 Å². The predicted octanol–water partition coefficient (Wildman–Crippen LogP) is 1.14. The number of carbonyl (C=O) groups excluding carboxylic acids is 2. The minimum atomic E-state index is -0.712. The number of aryl methyl sites for hydroxylation is 1. The van der Waals surface area contributed by atoms with Crippen LogP contribution in [0.25, 0.3) is 0 Å². The number of likely N-dealkylation sites (tertiary alicyclic amines) is 1. The third-order valence-electron chi connectivity index (χ3n) is 3.80. The summed E-state index contributed by atoms with van der Waals surface area (Å²) in [6, 6.07) is 4.57. The number of anilines is 1. The molecule has 0 aromatic heterocycles. The summed E-state index contributed by atoms with van der Waals surface area (Å²) in [5.74, 6) is -0.246. The maximum Gasteiger partial charge on any atom is 0.254 e. The minimum absolute atomic E-state index is 0.0592. The molecule has 0 saturated carbocycles. The molecule has 1 heterocycles. The Hall–Kier alpha value is -1.92. The molecule has 0 bridgehead atoms. The van der Waals surface area contributed by atoms with E-state index in [9.17, 15) is 9.59 Å². The zero-order valence-electron chi connectivity index (χ0n) is 13.1. The predicted molar refractivity (Wildman–Crippen MR) is 84.8 cm³/mol. The first-order valence-electron chi connectivity index (χ1n) is 7.48. The quantitative estimate of drug-likeness (QED) is 0.854. The Bertz CT molecular complexity index is 554. The smallest absolute Gasteiger partial charge is 0.254 e. The molecule has 6 heteroatoms. The minimum Gasteiger partial charge on any atom is -0.383 e. The lowest BCUT2D eigenvalue weighted by Crippen LogP contribution is -2.39. The van der Waals surface area contributed by atoms with Crippen molar-refractivity contribution in [2.24, 2.45) is 5.73 Å². The maximum atomic E-state index is 12.4. The number of carbonyl (C=O) groups is 2. The van der Waals surface area contributed by atoms with Gasteiger partial charge in [0.15, 0.2) is 0 Å². The summed E-state index contributed by atoms with van der Waals surface area (Å²) in [4.78, 5) is 26.1. The van der Waals surface area contributed by atoms with Gasteiger partial charge in [-0.15, -0.1) is 0 Å². The third kappa shape index (κ3) is 3.84. The Morgan fingerprint density at radius 3 is 2.64 bits per heavy atom. The van der Waals surface area contributed by atoms with Crippen molar-refractivity contribution in [2.75, 3.05) is 32.1 Å². The Kier molecular flexibility index (Phi) is 5.51. The number of methoxy groups -OCH3 is 1. The maximum absolute atomic E-state index is 12.4. The number of ether oxygens (including phenoxy) is 1. The Morgan fingerprint density at radius 1 is 1.36 bits per heavy atom. The number of nitrogens with one attached hydrogen (secondary N) is 1. The van der Waals surface area contributed by atoms with E-state index in [-0.39, 0.29) is 18.4 Å². The molecule has 22 heavy (non-hydrogen) atoms. The summed E-state index contributed by atoms with van der Waals surface area (Å²) >= 11 is 0. The molecule has 2 rings (SSSR count). The van der Waals surface area contributed by atoms with E-state index in [1.807, 2.05) is 11.8 Å². The average molecular weight is 305 g/mol. The van der Waals surface area contributed by atoms with Crippen molar-refractivity contribution in [3.8, 4) is 0 Å². The van der Waals surface area contributed by atoms with Gasteiger partial charge in [-0.3, -0.25) is 9.59 Å². The zero-order chi connectivity index (χ0) is 16.1. The number of hydrogen-bond acceptors (Lipinski definition) is 4. The van der Waals surface area contributed by atoms with E-state index in [1.165, 1.54) is 7.11 Å². The van der Waals surface area contributed by atoms with Crippen LogP contribution < -0.4 is 11.1 Å². The highest BCUT2D eigenvalue weighted by atomic mass is 16.5. The van der Waals surface area contributed by atoms with Gasteiger partial charge >= 0.3 is 0 Å². The highest BCUT2D eigenvalue weighted by Crippen LogP contribution is 2.19. The van der Waals surface area contributed by atoms with E-state index < -0.39 is 6.04 Å². The molecule has 6 nitrogen and oxygen atoms in total. The van der Waals surface area contributed by atoms with Gasteiger partial charge in [-0.1, -0.05) is 0 Å². The summed E-state index contributed by atoms with van der Waals surface area (Å²) in [7, 11) is 1.50. The largest absolute Gasteiger partial charge is 0.383 e. The average Bonchev–Trinajstić information content (AvgIpc) is 3.01. The van der Waals surface area contributed by atoms with Crippen LogP contribution in [0.4, 0.5) is 5.69 Å². The van der Waals surface area contributed by atoms with Gasteiger partial charge in [-0.25, -0.2) is 0 Å². The van der Waals surface area contributed by atoms with E-state index in [0.29, 0.717) is 11.3 Å². The molecule has 1 aromatic rings. The number of nitrogens with zero attached hydrogens (tertiary/aromatic N) is 1. The zero-order valence-corrected chi connectivity index (χ0v) is 13.1. The first-order chi connectivity index (χ1) is 10.5. The van der Waals surface area contributed by atoms with Gasteiger partial charge in [0.05, 0.1) is 6.61 Å². The molecular weight excluding hydrogens is 282 g/mol. The van der Waals surface area contributed by atoms with Crippen LogP contribution in [0.3, 0.4) is 0 Å². The number of amides is 2. The van der Waals surface area contributed by atoms with E-state index in [4.69, 9.17) is 10.5 Å². The lowest BCUT2D eigenvalue weighted by atomic mass is 10.1. The molecule has 1 saturated heterocycles. The molecule has 2 amide bonds. The van der Waals surface area contributed by atoms with Crippen LogP contribution >= 0.6 is 0 Å². The highest BCUT2D eigenvalue weighted by molar-refractivity contribution is 5.98. The molecule has 1 fully saturated rings.